The first-order valence-corrected chi connectivity index (χ1v) is 7.02. The van der Waals surface area contributed by atoms with Crippen molar-refractivity contribution >= 4 is 27.5 Å². The molecule has 1 unspecified atom stereocenters. The molecule has 0 spiro atoms. The molecular weight excluding hydrogens is 331 g/mol. The summed E-state index contributed by atoms with van der Waals surface area (Å²) in [4.78, 5) is 0. The maximum atomic E-state index is 13.7. The minimum atomic E-state index is -0.742. The molecule has 0 heterocycles. The predicted molar refractivity (Wildman–Crippen MR) is 79.0 cm³/mol. The third-order valence-corrected chi connectivity index (χ3v) is 3.76. The molecule has 1 atom stereocenters. The number of aryl methyl sites for hydroxylation is 1. The maximum Gasteiger partial charge on any atom is 0.127 e. The van der Waals surface area contributed by atoms with Gasteiger partial charge >= 0.3 is 0 Å². The number of aliphatic hydroxyl groups excluding tert-OH is 1. The summed E-state index contributed by atoms with van der Waals surface area (Å²) in [5.41, 5.74) is 2.23. The largest absolute Gasteiger partial charge is 0.388 e. The molecule has 19 heavy (non-hydrogen) atoms. The Bertz CT molecular complexity index is 601. The predicted octanol–water partition coefficient (Wildman–Crippen LogP) is 4.83. The van der Waals surface area contributed by atoms with Crippen molar-refractivity contribution in [2.24, 2.45) is 0 Å². The van der Waals surface area contributed by atoms with Gasteiger partial charge in [-0.3, -0.25) is 0 Å². The third kappa shape index (κ3) is 3.56. The molecule has 0 fully saturated rings. The fourth-order valence-electron chi connectivity index (χ4n) is 1.98. The molecule has 2 aromatic carbocycles. The molecule has 0 saturated heterocycles. The molecular formula is C15H13BrClFO. The Hall–Kier alpha value is -0.900. The topological polar surface area (TPSA) is 20.2 Å². The fraction of sp³-hybridized carbons (Fsp3) is 0.200. The first kappa shape index (κ1) is 14.5. The summed E-state index contributed by atoms with van der Waals surface area (Å²) < 4.78 is 14.6. The van der Waals surface area contributed by atoms with E-state index in [1.807, 2.05) is 25.1 Å². The zero-order valence-corrected chi connectivity index (χ0v) is 12.7. The minimum absolute atomic E-state index is 0.223. The van der Waals surface area contributed by atoms with E-state index < -0.39 is 6.10 Å². The Morgan fingerprint density at radius 2 is 2.00 bits per heavy atom. The number of aliphatic hydroxyl groups is 1. The Kier molecular flexibility index (Phi) is 4.61. The highest BCUT2D eigenvalue weighted by molar-refractivity contribution is 9.10. The van der Waals surface area contributed by atoms with Gasteiger partial charge in [-0.25, -0.2) is 4.39 Å². The summed E-state index contributed by atoms with van der Waals surface area (Å²) in [7, 11) is 0. The monoisotopic (exact) mass is 342 g/mol. The average Bonchev–Trinajstić information content (AvgIpc) is 2.35. The number of benzene rings is 2. The van der Waals surface area contributed by atoms with E-state index in [4.69, 9.17) is 11.6 Å². The second kappa shape index (κ2) is 6.04. The molecule has 0 amide bonds. The normalized spacial score (nSPS) is 12.5. The van der Waals surface area contributed by atoms with Gasteiger partial charge in [-0.15, -0.1) is 0 Å². The van der Waals surface area contributed by atoms with Crippen LogP contribution in [0.4, 0.5) is 4.39 Å². The molecule has 2 aromatic rings. The van der Waals surface area contributed by atoms with Crippen LogP contribution in [0.1, 0.15) is 22.8 Å². The summed E-state index contributed by atoms with van der Waals surface area (Å²) in [5, 5.41) is 10.6. The molecule has 1 nitrogen and oxygen atoms in total. The first-order valence-electron chi connectivity index (χ1n) is 5.85. The van der Waals surface area contributed by atoms with Crippen molar-refractivity contribution in [2.75, 3.05) is 0 Å². The molecule has 2 rings (SSSR count). The SMILES string of the molecule is Cc1ccc(Br)cc1C(O)Cc1ccc(Cl)cc1F. The van der Waals surface area contributed by atoms with Gasteiger partial charge in [0.1, 0.15) is 5.82 Å². The van der Waals surface area contributed by atoms with Crippen LogP contribution in [-0.4, -0.2) is 5.11 Å². The van der Waals surface area contributed by atoms with Gasteiger partial charge in [0, 0.05) is 15.9 Å². The lowest BCUT2D eigenvalue weighted by molar-refractivity contribution is 0.176. The molecule has 0 radical (unpaired) electrons. The Morgan fingerprint density at radius 3 is 2.68 bits per heavy atom. The van der Waals surface area contributed by atoms with Gasteiger partial charge in [0.25, 0.3) is 0 Å². The highest BCUT2D eigenvalue weighted by atomic mass is 79.9. The number of hydrogen-bond donors (Lipinski definition) is 1. The van der Waals surface area contributed by atoms with Crippen LogP contribution in [0.5, 0.6) is 0 Å². The molecule has 0 bridgehead atoms. The molecule has 0 aliphatic heterocycles. The zero-order valence-electron chi connectivity index (χ0n) is 10.3. The fourth-order valence-corrected chi connectivity index (χ4v) is 2.51. The quantitative estimate of drug-likeness (QED) is 0.846. The van der Waals surface area contributed by atoms with Crippen LogP contribution in [0, 0.1) is 12.7 Å². The number of rotatable bonds is 3. The standard InChI is InChI=1S/C15H13BrClFO/c1-9-2-4-11(16)7-13(9)15(19)6-10-3-5-12(17)8-14(10)18/h2-5,7-8,15,19H,6H2,1H3. The Labute approximate surface area is 125 Å². The van der Waals surface area contributed by atoms with Crippen LogP contribution in [0.25, 0.3) is 0 Å². The molecule has 1 N–H and O–H groups in total. The zero-order chi connectivity index (χ0) is 14.0. The second-order valence-corrected chi connectivity index (χ2v) is 5.81. The van der Waals surface area contributed by atoms with E-state index in [0.717, 1.165) is 15.6 Å². The van der Waals surface area contributed by atoms with Crippen LogP contribution in [0.2, 0.25) is 5.02 Å². The van der Waals surface area contributed by atoms with Crippen molar-refractivity contribution in [2.45, 2.75) is 19.4 Å². The van der Waals surface area contributed by atoms with E-state index in [2.05, 4.69) is 15.9 Å². The van der Waals surface area contributed by atoms with Crippen LogP contribution >= 0.6 is 27.5 Å². The van der Waals surface area contributed by atoms with Crippen molar-refractivity contribution in [3.05, 3.63) is 68.4 Å². The number of hydrogen-bond acceptors (Lipinski definition) is 1. The van der Waals surface area contributed by atoms with Crippen LogP contribution in [0.15, 0.2) is 40.9 Å². The lowest BCUT2D eigenvalue weighted by atomic mass is 9.97. The van der Waals surface area contributed by atoms with E-state index in [1.165, 1.54) is 6.07 Å². The Morgan fingerprint density at radius 1 is 1.26 bits per heavy atom. The van der Waals surface area contributed by atoms with E-state index in [9.17, 15) is 9.50 Å². The minimum Gasteiger partial charge on any atom is -0.388 e. The van der Waals surface area contributed by atoms with Gasteiger partial charge in [-0.2, -0.15) is 0 Å². The van der Waals surface area contributed by atoms with Gasteiger partial charge in [0.15, 0.2) is 0 Å². The highest BCUT2D eigenvalue weighted by Crippen LogP contribution is 2.26. The lowest BCUT2D eigenvalue weighted by Gasteiger charge is -2.15. The third-order valence-electron chi connectivity index (χ3n) is 3.03. The van der Waals surface area contributed by atoms with Gasteiger partial charge in [0.05, 0.1) is 6.10 Å². The smallest absolute Gasteiger partial charge is 0.127 e. The Balaban J connectivity index is 2.25. The first-order chi connectivity index (χ1) is 8.97. The lowest BCUT2D eigenvalue weighted by Crippen LogP contribution is -2.05. The molecule has 100 valence electrons. The van der Waals surface area contributed by atoms with Crippen molar-refractivity contribution < 1.29 is 9.50 Å². The van der Waals surface area contributed by atoms with Crippen molar-refractivity contribution in [3.63, 3.8) is 0 Å². The van der Waals surface area contributed by atoms with Crippen LogP contribution in [-0.2, 0) is 6.42 Å². The van der Waals surface area contributed by atoms with Crippen LogP contribution in [0.3, 0.4) is 0 Å². The summed E-state index contributed by atoms with van der Waals surface area (Å²) in [5.74, 6) is -0.390. The van der Waals surface area contributed by atoms with E-state index in [-0.39, 0.29) is 12.2 Å². The van der Waals surface area contributed by atoms with Gasteiger partial charge in [0.2, 0.25) is 0 Å². The maximum absolute atomic E-state index is 13.7. The van der Waals surface area contributed by atoms with Crippen molar-refractivity contribution in [1.82, 2.24) is 0 Å². The molecule has 0 saturated carbocycles. The van der Waals surface area contributed by atoms with Gasteiger partial charge in [-0.1, -0.05) is 39.7 Å². The molecule has 0 aliphatic rings. The van der Waals surface area contributed by atoms with Gasteiger partial charge in [-0.05, 0) is 47.9 Å². The highest BCUT2D eigenvalue weighted by Gasteiger charge is 2.14. The summed E-state index contributed by atoms with van der Waals surface area (Å²) >= 11 is 9.08. The average molecular weight is 344 g/mol. The summed E-state index contributed by atoms with van der Waals surface area (Å²) in [6.45, 7) is 1.92. The van der Waals surface area contributed by atoms with Gasteiger partial charge < -0.3 is 5.11 Å². The van der Waals surface area contributed by atoms with E-state index in [1.54, 1.807) is 12.1 Å². The number of halogens is 3. The van der Waals surface area contributed by atoms with Crippen molar-refractivity contribution in [1.29, 1.82) is 0 Å². The van der Waals surface area contributed by atoms with Crippen molar-refractivity contribution in [3.8, 4) is 0 Å². The van der Waals surface area contributed by atoms with Crippen LogP contribution < -0.4 is 0 Å². The van der Waals surface area contributed by atoms with E-state index in [0.29, 0.717) is 10.6 Å². The summed E-state index contributed by atoms with van der Waals surface area (Å²) in [6.07, 6.45) is -0.520. The molecule has 0 aromatic heterocycles. The second-order valence-electron chi connectivity index (χ2n) is 4.46. The van der Waals surface area contributed by atoms with E-state index >= 15 is 0 Å². The molecule has 0 aliphatic carbocycles. The summed E-state index contributed by atoms with van der Waals surface area (Å²) in [6, 6.07) is 10.2. The molecule has 4 heteroatoms.